The number of hydrogen-bond donors (Lipinski definition) is 4. The van der Waals surface area contributed by atoms with Crippen LogP contribution in [-0.2, 0) is 9.59 Å². The van der Waals surface area contributed by atoms with Crippen LogP contribution in [0.1, 0.15) is 31.5 Å². The van der Waals surface area contributed by atoms with E-state index in [1.807, 2.05) is 13.0 Å². The molecule has 0 unspecified atom stereocenters. The van der Waals surface area contributed by atoms with Gasteiger partial charge in [0.15, 0.2) is 11.5 Å². The number of carbonyl (C=O) groups is 2. The largest absolute Gasteiger partial charge is 0.493 e. The average Bonchev–Trinajstić information content (AvgIpc) is 2.78. The van der Waals surface area contributed by atoms with Crippen LogP contribution >= 0.6 is 0 Å². The van der Waals surface area contributed by atoms with Gasteiger partial charge in [-0.3, -0.25) is 0 Å². The Kier molecular flexibility index (Phi) is 12.0. The quantitative estimate of drug-likeness (QED) is 0.269. The summed E-state index contributed by atoms with van der Waals surface area (Å²) >= 11 is 0. The zero-order valence-corrected chi connectivity index (χ0v) is 19.3. The molecule has 0 saturated heterocycles. The highest BCUT2D eigenvalue weighted by atomic mass is 16.5. The van der Waals surface area contributed by atoms with Gasteiger partial charge >= 0.3 is 11.9 Å². The molecule has 2 rings (SSSR count). The van der Waals surface area contributed by atoms with Crippen LogP contribution in [0.3, 0.4) is 0 Å². The third-order valence-corrected chi connectivity index (χ3v) is 4.35. The van der Waals surface area contributed by atoms with Gasteiger partial charge in [-0.05, 0) is 25.8 Å². The molecular formula is C22H31N3O8. The number of unbranched alkanes of at least 4 members (excludes halogenated alkanes) is 3. The number of anilines is 1. The Balaban J connectivity index is 0.000000582. The van der Waals surface area contributed by atoms with E-state index in [2.05, 4.69) is 15.3 Å². The number of carboxylic acid groups (broad SMARTS) is 2. The Morgan fingerprint density at radius 1 is 0.939 bits per heavy atom. The number of aryl methyl sites for hydroxylation is 1. The van der Waals surface area contributed by atoms with Crippen molar-refractivity contribution >= 4 is 28.7 Å². The Hall–Kier alpha value is -3.60. The van der Waals surface area contributed by atoms with E-state index in [4.69, 9.17) is 29.5 Å². The van der Waals surface area contributed by atoms with Gasteiger partial charge in [0.2, 0.25) is 5.75 Å². The Labute approximate surface area is 192 Å². The maximum absolute atomic E-state index is 9.55. The minimum absolute atomic E-state index is 0.255. The molecule has 182 valence electrons. The highest BCUT2D eigenvalue weighted by molar-refractivity contribution is 5.97. The molecule has 0 aliphatic carbocycles. The number of aliphatic carboxylic acids is 2. The molecule has 0 saturated carbocycles. The number of rotatable bonds is 12. The smallest absolute Gasteiger partial charge is 0.328 e. The Morgan fingerprint density at radius 2 is 1.55 bits per heavy atom. The third kappa shape index (κ3) is 8.81. The number of nitrogens with zero attached hydrogens (tertiary/aromatic N) is 2. The van der Waals surface area contributed by atoms with Crippen LogP contribution in [0.15, 0.2) is 18.2 Å². The number of aliphatic hydroxyl groups is 1. The first kappa shape index (κ1) is 27.4. The highest BCUT2D eigenvalue weighted by Gasteiger charge is 2.20. The molecule has 33 heavy (non-hydrogen) atoms. The molecule has 1 aromatic heterocycles. The first-order valence-corrected chi connectivity index (χ1v) is 10.2. The predicted molar refractivity (Wildman–Crippen MR) is 122 cm³/mol. The minimum atomic E-state index is -1.26. The van der Waals surface area contributed by atoms with E-state index >= 15 is 0 Å². The molecule has 0 aliphatic heterocycles. The Bertz CT molecular complexity index is 947. The second-order valence-electron chi connectivity index (χ2n) is 6.74. The van der Waals surface area contributed by atoms with E-state index < -0.39 is 11.9 Å². The lowest BCUT2D eigenvalue weighted by molar-refractivity contribution is -0.134. The number of aromatic nitrogens is 2. The van der Waals surface area contributed by atoms with Crippen LogP contribution < -0.4 is 19.5 Å². The van der Waals surface area contributed by atoms with Crippen LogP contribution in [-0.4, -0.2) is 71.7 Å². The van der Waals surface area contributed by atoms with Crippen LogP contribution in [0.5, 0.6) is 17.2 Å². The third-order valence-electron chi connectivity index (χ3n) is 4.35. The lowest BCUT2D eigenvalue weighted by Gasteiger charge is -2.16. The second-order valence-corrected chi connectivity index (χ2v) is 6.74. The number of benzene rings is 1. The summed E-state index contributed by atoms with van der Waals surface area (Å²) in [6, 6.07) is 1.87. The molecule has 1 aromatic carbocycles. The molecule has 2 aromatic rings. The van der Waals surface area contributed by atoms with Gasteiger partial charge in [-0.2, -0.15) is 0 Å². The molecule has 1 heterocycles. The molecule has 11 heteroatoms. The predicted octanol–water partition coefficient (Wildman–Crippen LogP) is 2.64. The van der Waals surface area contributed by atoms with Gasteiger partial charge in [0.05, 0.1) is 26.7 Å². The molecule has 0 fully saturated rings. The summed E-state index contributed by atoms with van der Waals surface area (Å²) in [7, 11) is 4.75. The van der Waals surface area contributed by atoms with Crippen LogP contribution in [0.2, 0.25) is 0 Å². The summed E-state index contributed by atoms with van der Waals surface area (Å²) < 4.78 is 16.4. The van der Waals surface area contributed by atoms with Crippen molar-refractivity contribution in [1.82, 2.24) is 9.97 Å². The zero-order chi connectivity index (χ0) is 24.8. The standard InChI is InChI=1S/C18H27N3O4.C4H4O4/c1-12-20-15-13(11-14(23-2)16(24-3)17(15)25-4)18(21-12)19-9-7-5-6-8-10-22;5-3(6)1-2-4(7)8/h11,22H,5-10H2,1-4H3,(H,19,20,21);1-2H,(H,5,6)(H,7,8)/b;2-1-. The van der Waals surface area contributed by atoms with E-state index in [0.717, 1.165) is 43.4 Å². The summed E-state index contributed by atoms with van der Waals surface area (Å²) in [5.74, 6) is 0.522. The van der Waals surface area contributed by atoms with Gasteiger partial charge in [-0.25, -0.2) is 19.6 Å². The highest BCUT2D eigenvalue weighted by Crippen LogP contribution is 2.44. The number of carboxylic acids is 2. The normalized spacial score (nSPS) is 10.5. The fourth-order valence-electron chi connectivity index (χ4n) is 2.92. The SMILES string of the molecule is COc1cc2c(NCCCCCCO)nc(C)nc2c(OC)c1OC.O=C(O)/C=C\C(=O)O. The molecule has 0 spiro atoms. The molecule has 0 amide bonds. The van der Waals surface area contributed by atoms with Gasteiger partial charge in [0, 0.05) is 25.3 Å². The van der Waals surface area contributed by atoms with Gasteiger partial charge < -0.3 is 34.8 Å². The summed E-state index contributed by atoms with van der Waals surface area (Å²) in [5.41, 5.74) is 0.690. The minimum Gasteiger partial charge on any atom is -0.493 e. The second kappa shape index (κ2) is 14.5. The van der Waals surface area contributed by atoms with E-state index in [0.29, 0.717) is 40.7 Å². The molecular weight excluding hydrogens is 434 g/mol. The first-order chi connectivity index (χ1) is 15.8. The number of methoxy groups -OCH3 is 3. The number of nitrogens with one attached hydrogen (secondary N) is 1. The topological polar surface area (TPSA) is 160 Å². The molecule has 11 nitrogen and oxygen atoms in total. The van der Waals surface area contributed by atoms with Crippen LogP contribution in [0.25, 0.3) is 10.9 Å². The van der Waals surface area contributed by atoms with Crippen LogP contribution in [0, 0.1) is 6.92 Å². The lowest BCUT2D eigenvalue weighted by Crippen LogP contribution is -2.07. The van der Waals surface area contributed by atoms with Crippen molar-refractivity contribution in [3.63, 3.8) is 0 Å². The molecule has 0 radical (unpaired) electrons. The van der Waals surface area contributed by atoms with E-state index in [-0.39, 0.29) is 6.61 Å². The van der Waals surface area contributed by atoms with Crippen molar-refractivity contribution < 1.29 is 39.1 Å². The van der Waals surface area contributed by atoms with Gasteiger partial charge in [0.1, 0.15) is 17.2 Å². The Morgan fingerprint density at radius 3 is 2.06 bits per heavy atom. The van der Waals surface area contributed by atoms with Crippen molar-refractivity contribution in [3.8, 4) is 17.2 Å². The van der Waals surface area contributed by atoms with Crippen molar-refractivity contribution in [1.29, 1.82) is 0 Å². The van der Waals surface area contributed by atoms with Crippen molar-refractivity contribution in [3.05, 3.63) is 24.0 Å². The monoisotopic (exact) mass is 465 g/mol. The maximum Gasteiger partial charge on any atom is 0.328 e. The molecule has 0 bridgehead atoms. The maximum atomic E-state index is 9.55. The lowest BCUT2D eigenvalue weighted by atomic mass is 10.1. The van der Waals surface area contributed by atoms with Crippen molar-refractivity contribution in [2.45, 2.75) is 32.6 Å². The summed E-state index contributed by atoms with van der Waals surface area (Å²) in [5, 5.41) is 28.7. The summed E-state index contributed by atoms with van der Waals surface area (Å²) in [6.07, 6.45) is 5.07. The van der Waals surface area contributed by atoms with Crippen LogP contribution in [0.4, 0.5) is 5.82 Å². The number of hydrogen-bond acceptors (Lipinski definition) is 9. The number of fused-ring (bicyclic) bond motifs is 1. The van der Waals surface area contributed by atoms with E-state index in [1.54, 1.807) is 21.3 Å². The van der Waals surface area contributed by atoms with Crippen molar-refractivity contribution in [2.75, 3.05) is 39.8 Å². The van der Waals surface area contributed by atoms with Crippen molar-refractivity contribution in [2.24, 2.45) is 0 Å². The molecule has 0 atom stereocenters. The fourth-order valence-corrected chi connectivity index (χ4v) is 2.92. The summed E-state index contributed by atoms with van der Waals surface area (Å²) in [4.78, 5) is 28.2. The fraction of sp³-hybridized carbons (Fsp3) is 0.455. The van der Waals surface area contributed by atoms with E-state index in [9.17, 15) is 9.59 Å². The van der Waals surface area contributed by atoms with Gasteiger partial charge in [0.25, 0.3) is 0 Å². The number of ether oxygens (including phenoxy) is 3. The average molecular weight is 466 g/mol. The first-order valence-electron chi connectivity index (χ1n) is 10.2. The number of aliphatic hydroxyl groups excluding tert-OH is 1. The molecule has 4 N–H and O–H groups in total. The van der Waals surface area contributed by atoms with E-state index in [1.165, 1.54) is 0 Å². The molecule has 0 aliphatic rings. The summed E-state index contributed by atoms with van der Waals surface area (Å²) in [6.45, 7) is 2.90. The van der Waals surface area contributed by atoms with Gasteiger partial charge in [-0.15, -0.1) is 0 Å². The zero-order valence-electron chi connectivity index (χ0n) is 19.3. The van der Waals surface area contributed by atoms with Gasteiger partial charge in [-0.1, -0.05) is 12.8 Å².